The summed E-state index contributed by atoms with van der Waals surface area (Å²) in [4.78, 5) is 34.9. The van der Waals surface area contributed by atoms with Crippen molar-refractivity contribution in [1.82, 2.24) is 10.6 Å². The molecule has 124 valence electrons. The first kappa shape index (κ1) is 18.5. The maximum Gasteiger partial charge on any atom is 0.326 e. The number of amides is 2. The maximum atomic E-state index is 12.3. The summed E-state index contributed by atoms with van der Waals surface area (Å²) in [6.07, 6.45) is 3.71. The second-order valence-electron chi connectivity index (χ2n) is 5.88. The maximum absolute atomic E-state index is 12.3. The Morgan fingerprint density at radius 3 is 2.41 bits per heavy atom. The number of rotatable bonds is 8. The van der Waals surface area contributed by atoms with Crippen molar-refractivity contribution in [2.45, 2.75) is 57.4 Å². The molecule has 1 rings (SSSR count). The van der Waals surface area contributed by atoms with Gasteiger partial charge in [-0.15, -0.1) is 11.8 Å². The highest BCUT2D eigenvalue weighted by Crippen LogP contribution is 2.27. The normalized spacial score (nSPS) is 19.7. The summed E-state index contributed by atoms with van der Waals surface area (Å²) >= 11 is 1.62. The van der Waals surface area contributed by atoms with Gasteiger partial charge in [0.15, 0.2) is 0 Å². The van der Waals surface area contributed by atoms with E-state index in [1.165, 1.54) is 6.92 Å². The van der Waals surface area contributed by atoms with Gasteiger partial charge in [-0.05, 0) is 30.6 Å². The first-order valence-corrected chi connectivity index (χ1v) is 8.34. The van der Waals surface area contributed by atoms with Crippen LogP contribution in [0.5, 0.6) is 0 Å². The number of carboxylic acid groups (broad SMARTS) is 1. The van der Waals surface area contributed by atoms with Crippen LogP contribution in [0.15, 0.2) is 11.5 Å². The van der Waals surface area contributed by atoms with Crippen LogP contribution < -0.4 is 10.6 Å². The molecule has 22 heavy (non-hydrogen) atoms. The lowest BCUT2D eigenvalue weighted by molar-refractivity contribution is -0.142. The molecular weight excluding hydrogens is 304 g/mol. The number of nitrogens with one attached hydrogen (secondary N) is 2. The van der Waals surface area contributed by atoms with Gasteiger partial charge in [0.2, 0.25) is 11.8 Å². The highest BCUT2D eigenvalue weighted by molar-refractivity contribution is 8.03. The number of carboxylic acids is 1. The lowest BCUT2D eigenvalue weighted by Gasteiger charge is -2.23. The molecule has 3 N–H and O–H groups in total. The monoisotopic (exact) mass is 328 g/mol. The van der Waals surface area contributed by atoms with Crippen molar-refractivity contribution in [2.24, 2.45) is 5.92 Å². The number of carbonyl (C=O) groups excluding carboxylic acids is 2. The molecule has 7 heteroatoms. The van der Waals surface area contributed by atoms with Gasteiger partial charge in [-0.3, -0.25) is 9.59 Å². The Morgan fingerprint density at radius 1 is 1.27 bits per heavy atom. The van der Waals surface area contributed by atoms with E-state index in [1.807, 2.05) is 25.3 Å². The Bertz CT molecular complexity index is 443. The summed E-state index contributed by atoms with van der Waals surface area (Å²) in [5.41, 5.74) is 0. The zero-order chi connectivity index (χ0) is 16.7. The minimum atomic E-state index is -1.06. The first-order chi connectivity index (χ1) is 10.3. The fourth-order valence-electron chi connectivity index (χ4n) is 2.29. The van der Waals surface area contributed by atoms with E-state index in [0.29, 0.717) is 12.8 Å². The molecule has 0 saturated carbocycles. The molecule has 0 radical (unpaired) electrons. The van der Waals surface area contributed by atoms with Crippen molar-refractivity contribution in [3.63, 3.8) is 0 Å². The molecule has 0 fully saturated rings. The molecule has 1 unspecified atom stereocenters. The highest BCUT2D eigenvalue weighted by atomic mass is 32.2. The van der Waals surface area contributed by atoms with E-state index in [9.17, 15) is 19.5 Å². The molecule has 1 aliphatic rings. The lowest BCUT2D eigenvalue weighted by atomic mass is 10.0. The summed E-state index contributed by atoms with van der Waals surface area (Å²) in [7, 11) is 0. The van der Waals surface area contributed by atoms with E-state index >= 15 is 0 Å². The Kier molecular flexibility index (Phi) is 7.44. The number of aliphatic carboxylic acids is 1. The second kappa shape index (κ2) is 8.82. The van der Waals surface area contributed by atoms with Crippen LogP contribution in [0.3, 0.4) is 0 Å². The molecule has 0 aromatic heterocycles. The molecule has 0 spiro atoms. The Balaban J connectivity index is 2.67. The predicted octanol–water partition coefficient (Wildman–Crippen LogP) is 1.52. The van der Waals surface area contributed by atoms with Gasteiger partial charge in [-0.1, -0.05) is 19.9 Å². The van der Waals surface area contributed by atoms with Crippen molar-refractivity contribution < 1.29 is 19.5 Å². The van der Waals surface area contributed by atoms with E-state index in [-0.39, 0.29) is 17.1 Å². The highest BCUT2D eigenvalue weighted by Gasteiger charge is 2.28. The molecule has 0 aliphatic carbocycles. The number of allylic oxidation sites excluding steroid dienone is 1. The quantitative estimate of drug-likeness (QED) is 0.628. The van der Waals surface area contributed by atoms with E-state index < -0.39 is 24.0 Å². The van der Waals surface area contributed by atoms with Crippen molar-refractivity contribution in [3.05, 3.63) is 11.5 Å². The summed E-state index contributed by atoms with van der Waals surface area (Å²) in [6, 6.07) is -1.64. The van der Waals surface area contributed by atoms with Crippen LogP contribution in [-0.4, -0.2) is 40.2 Å². The first-order valence-electron chi connectivity index (χ1n) is 7.40. The second-order valence-corrected chi connectivity index (χ2v) is 7.09. The zero-order valence-corrected chi connectivity index (χ0v) is 14.0. The standard InChI is InChI=1S/C15H24N2O4S/c1-9(2)7-13(15(20)21)17-14(19)12(16-10(3)18)8-11-5-4-6-22-11/h4,6,9,11-13H,5,7-8H2,1-3H3,(H,16,18)(H,17,19)(H,20,21)/t11?,12-,13-/m0/s1. The molecule has 0 aromatic carbocycles. The summed E-state index contributed by atoms with van der Waals surface area (Å²) in [5.74, 6) is -1.64. The van der Waals surface area contributed by atoms with E-state index in [1.54, 1.807) is 11.8 Å². The van der Waals surface area contributed by atoms with Gasteiger partial charge in [-0.25, -0.2) is 4.79 Å². The van der Waals surface area contributed by atoms with Crippen LogP contribution in [0, 0.1) is 5.92 Å². The number of hydrogen-bond donors (Lipinski definition) is 3. The molecule has 0 aromatic rings. The van der Waals surface area contributed by atoms with Crippen molar-refractivity contribution in [1.29, 1.82) is 0 Å². The van der Waals surface area contributed by atoms with E-state index in [0.717, 1.165) is 6.42 Å². The Morgan fingerprint density at radius 2 is 1.95 bits per heavy atom. The Hall–Kier alpha value is -1.50. The van der Waals surface area contributed by atoms with Gasteiger partial charge in [0, 0.05) is 12.2 Å². The topological polar surface area (TPSA) is 95.5 Å². The SMILES string of the molecule is CC(=O)N[C@@H](CC1CC=CS1)C(=O)N[C@@H](CC(C)C)C(=O)O. The molecule has 6 nitrogen and oxygen atoms in total. The summed E-state index contributed by atoms with van der Waals surface area (Å²) in [5, 5.41) is 16.6. The minimum Gasteiger partial charge on any atom is -0.480 e. The molecular formula is C15H24N2O4S. The molecule has 2 amide bonds. The fourth-order valence-corrected chi connectivity index (χ4v) is 3.26. The third kappa shape index (κ3) is 6.51. The summed E-state index contributed by atoms with van der Waals surface area (Å²) < 4.78 is 0. The van der Waals surface area contributed by atoms with Crippen LogP contribution in [0.2, 0.25) is 0 Å². The predicted molar refractivity (Wildman–Crippen MR) is 86.4 cm³/mol. The molecule has 1 heterocycles. The zero-order valence-electron chi connectivity index (χ0n) is 13.2. The van der Waals surface area contributed by atoms with Crippen molar-refractivity contribution in [3.8, 4) is 0 Å². The van der Waals surface area contributed by atoms with Gasteiger partial charge >= 0.3 is 5.97 Å². The van der Waals surface area contributed by atoms with Gasteiger partial charge in [0.05, 0.1) is 0 Å². The number of carbonyl (C=O) groups is 3. The molecule has 3 atom stereocenters. The van der Waals surface area contributed by atoms with Gasteiger partial charge < -0.3 is 15.7 Å². The largest absolute Gasteiger partial charge is 0.480 e. The minimum absolute atomic E-state index is 0.148. The van der Waals surface area contributed by atoms with E-state index in [2.05, 4.69) is 10.6 Å². The molecule has 0 bridgehead atoms. The third-order valence-corrected chi connectivity index (χ3v) is 4.40. The Labute approximate surface area is 135 Å². The molecule has 0 saturated heterocycles. The number of hydrogen-bond acceptors (Lipinski definition) is 4. The van der Waals surface area contributed by atoms with Crippen LogP contribution in [0.25, 0.3) is 0 Å². The molecule has 1 aliphatic heterocycles. The van der Waals surface area contributed by atoms with Crippen molar-refractivity contribution >= 4 is 29.5 Å². The van der Waals surface area contributed by atoms with Crippen LogP contribution in [-0.2, 0) is 14.4 Å². The lowest BCUT2D eigenvalue weighted by Crippen LogP contribution is -2.52. The fraction of sp³-hybridized carbons (Fsp3) is 0.667. The van der Waals surface area contributed by atoms with Crippen LogP contribution in [0.4, 0.5) is 0 Å². The van der Waals surface area contributed by atoms with Gasteiger partial charge in [0.25, 0.3) is 0 Å². The van der Waals surface area contributed by atoms with E-state index in [4.69, 9.17) is 0 Å². The van der Waals surface area contributed by atoms with Crippen molar-refractivity contribution in [2.75, 3.05) is 0 Å². The summed E-state index contributed by atoms with van der Waals surface area (Å²) in [6.45, 7) is 5.14. The average molecular weight is 328 g/mol. The van der Waals surface area contributed by atoms with Gasteiger partial charge in [0.1, 0.15) is 12.1 Å². The smallest absolute Gasteiger partial charge is 0.326 e. The van der Waals surface area contributed by atoms with Gasteiger partial charge in [-0.2, -0.15) is 0 Å². The number of thioether (sulfide) groups is 1. The average Bonchev–Trinajstić information content (AvgIpc) is 2.88. The third-order valence-electron chi connectivity index (χ3n) is 3.28. The van der Waals surface area contributed by atoms with Crippen LogP contribution >= 0.6 is 11.8 Å². The van der Waals surface area contributed by atoms with Crippen LogP contribution in [0.1, 0.15) is 40.0 Å².